The highest BCUT2D eigenvalue weighted by molar-refractivity contribution is 6.20. The number of ether oxygens (including phenoxy) is 1. The molecule has 1 N–H and O–H groups in total. The molecule has 3 aromatic rings. The van der Waals surface area contributed by atoms with Crippen LogP contribution in [0.1, 0.15) is 23.2 Å². The van der Waals surface area contributed by atoms with Crippen molar-refractivity contribution in [1.29, 1.82) is 0 Å². The highest BCUT2D eigenvalue weighted by Gasteiger charge is 2.30. The monoisotopic (exact) mass is 402 g/mol. The van der Waals surface area contributed by atoms with E-state index in [-0.39, 0.29) is 30.2 Å². The Balaban J connectivity index is 1.41. The molecule has 0 aromatic heterocycles. The molecule has 3 aromatic carbocycles. The average Bonchev–Trinajstić information content (AvgIpc) is 3.10. The Labute approximate surface area is 172 Å². The maximum Gasteiger partial charge on any atom is 0.338 e. The molecule has 1 heterocycles. The first-order valence-electron chi connectivity index (χ1n) is 9.43. The summed E-state index contributed by atoms with van der Waals surface area (Å²) in [5.41, 5.74) is 1.09. The van der Waals surface area contributed by atoms with Crippen molar-refractivity contribution in [1.82, 2.24) is 0 Å². The van der Waals surface area contributed by atoms with E-state index in [0.717, 1.165) is 15.7 Å². The SMILES string of the molecule is O=C(COC(=O)c1cccc(N2C(=O)CCC2=O)c1)Nc1cccc2ccccc12. The number of carbonyl (C=O) groups excluding carboxylic acids is 4. The molecular formula is C23H18N2O5. The number of amides is 3. The van der Waals surface area contributed by atoms with Gasteiger partial charge in [-0.05, 0) is 29.7 Å². The molecule has 3 amide bonds. The number of fused-ring (bicyclic) bond motifs is 1. The first-order chi connectivity index (χ1) is 14.5. The van der Waals surface area contributed by atoms with Gasteiger partial charge in [-0.25, -0.2) is 4.79 Å². The van der Waals surface area contributed by atoms with E-state index in [9.17, 15) is 19.2 Å². The Hall–Kier alpha value is -4.00. The molecule has 4 rings (SSSR count). The van der Waals surface area contributed by atoms with Gasteiger partial charge in [0.25, 0.3) is 5.91 Å². The molecule has 7 heteroatoms. The smallest absolute Gasteiger partial charge is 0.338 e. The van der Waals surface area contributed by atoms with Crippen molar-refractivity contribution in [2.24, 2.45) is 0 Å². The van der Waals surface area contributed by atoms with E-state index < -0.39 is 18.5 Å². The van der Waals surface area contributed by atoms with Crippen LogP contribution >= 0.6 is 0 Å². The Morgan fingerprint density at radius 1 is 0.900 bits per heavy atom. The van der Waals surface area contributed by atoms with E-state index in [0.29, 0.717) is 11.4 Å². The number of hydrogen-bond acceptors (Lipinski definition) is 5. The van der Waals surface area contributed by atoms with Crippen molar-refractivity contribution < 1.29 is 23.9 Å². The van der Waals surface area contributed by atoms with Crippen molar-refractivity contribution in [3.05, 3.63) is 72.3 Å². The molecule has 0 saturated carbocycles. The zero-order valence-electron chi connectivity index (χ0n) is 16.0. The van der Waals surface area contributed by atoms with Gasteiger partial charge in [-0.1, -0.05) is 42.5 Å². The average molecular weight is 402 g/mol. The van der Waals surface area contributed by atoms with Crippen LogP contribution in [0.2, 0.25) is 0 Å². The fourth-order valence-electron chi connectivity index (χ4n) is 3.37. The number of esters is 1. The van der Waals surface area contributed by atoms with Gasteiger partial charge in [0.1, 0.15) is 0 Å². The first-order valence-corrected chi connectivity index (χ1v) is 9.43. The van der Waals surface area contributed by atoms with Gasteiger partial charge in [0.15, 0.2) is 6.61 Å². The quantitative estimate of drug-likeness (QED) is 0.522. The third-order valence-electron chi connectivity index (χ3n) is 4.79. The molecule has 0 bridgehead atoms. The van der Waals surface area contributed by atoms with Crippen molar-refractivity contribution in [2.45, 2.75) is 12.8 Å². The van der Waals surface area contributed by atoms with Crippen molar-refractivity contribution >= 4 is 45.8 Å². The van der Waals surface area contributed by atoms with E-state index in [4.69, 9.17) is 4.74 Å². The minimum Gasteiger partial charge on any atom is -0.452 e. The molecule has 0 aliphatic carbocycles. The minimum atomic E-state index is -0.719. The van der Waals surface area contributed by atoms with Crippen LogP contribution in [0.4, 0.5) is 11.4 Å². The van der Waals surface area contributed by atoms with E-state index in [1.54, 1.807) is 18.2 Å². The Kier molecular flexibility index (Phi) is 5.26. The molecule has 1 aliphatic heterocycles. The van der Waals surface area contributed by atoms with Gasteiger partial charge in [0, 0.05) is 23.9 Å². The molecule has 1 aliphatic rings. The largest absolute Gasteiger partial charge is 0.452 e. The highest BCUT2D eigenvalue weighted by atomic mass is 16.5. The lowest BCUT2D eigenvalue weighted by Gasteiger charge is -2.14. The summed E-state index contributed by atoms with van der Waals surface area (Å²) in [6, 6.07) is 19.2. The van der Waals surface area contributed by atoms with Crippen LogP contribution in [-0.2, 0) is 19.1 Å². The molecule has 7 nitrogen and oxygen atoms in total. The maximum atomic E-state index is 12.4. The zero-order valence-corrected chi connectivity index (χ0v) is 16.0. The van der Waals surface area contributed by atoms with Gasteiger partial charge in [-0.15, -0.1) is 0 Å². The van der Waals surface area contributed by atoms with Gasteiger partial charge >= 0.3 is 5.97 Å². The normalized spacial score (nSPS) is 13.5. The molecule has 0 spiro atoms. The van der Waals surface area contributed by atoms with Gasteiger partial charge in [-0.3, -0.25) is 19.3 Å². The third-order valence-corrected chi connectivity index (χ3v) is 4.79. The summed E-state index contributed by atoms with van der Waals surface area (Å²) in [5.74, 6) is -1.80. The number of benzene rings is 3. The maximum absolute atomic E-state index is 12.4. The van der Waals surface area contributed by atoms with Crippen molar-refractivity contribution in [3.8, 4) is 0 Å². The first kappa shape index (κ1) is 19.3. The lowest BCUT2D eigenvalue weighted by atomic mass is 10.1. The van der Waals surface area contributed by atoms with E-state index in [1.807, 2.05) is 36.4 Å². The van der Waals surface area contributed by atoms with Crippen LogP contribution in [0.25, 0.3) is 10.8 Å². The summed E-state index contributed by atoms with van der Waals surface area (Å²) in [4.78, 5) is 49.4. The van der Waals surface area contributed by atoms with E-state index in [1.165, 1.54) is 12.1 Å². The number of nitrogens with one attached hydrogen (secondary N) is 1. The summed E-state index contributed by atoms with van der Waals surface area (Å²) in [6.45, 7) is -0.464. The Morgan fingerprint density at radius 2 is 1.60 bits per heavy atom. The lowest BCUT2D eigenvalue weighted by molar-refractivity contribution is -0.121. The van der Waals surface area contributed by atoms with Gasteiger partial charge < -0.3 is 10.1 Å². The lowest BCUT2D eigenvalue weighted by Crippen LogP contribution is -2.28. The summed E-state index contributed by atoms with van der Waals surface area (Å²) in [5, 5.41) is 4.61. The fraction of sp³-hybridized carbons (Fsp3) is 0.130. The summed E-state index contributed by atoms with van der Waals surface area (Å²) in [6.07, 6.45) is 0.309. The second kappa shape index (κ2) is 8.16. The van der Waals surface area contributed by atoms with Crippen LogP contribution in [0.3, 0.4) is 0 Å². The number of carbonyl (C=O) groups is 4. The fourth-order valence-corrected chi connectivity index (χ4v) is 3.37. The molecule has 0 unspecified atom stereocenters. The second-order valence-corrected chi connectivity index (χ2v) is 6.82. The topological polar surface area (TPSA) is 92.8 Å². The van der Waals surface area contributed by atoms with Crippen molar-refractivity contribution in [3.63, 3.8) is 0 Å². The van der Waals surface area contributed by atoms with Crippen LogP contribution in [0, 0.1) is 0 Å². The summed E-state index contributed by atoms with van der Waals surface area (Å²) >= 11 is 0. The van der Waals surface area contributed by atoms with Gasteiger partial charge in [0.05, 0.1) is 11.3 Å². The third kappa shape index (κ3) is 3.91. The van der Waals surface area contributed by atoms with E-state index >= 15 is 0 Å². The van der Waals surface area contributed by atoms with Crippen LogP contribution < -0.4 is 10.2 Å². The highest BCUT2D eigenvalue weighted by Crippen LogP contribution is 2.24. The standard InChI is InChI=1S/C23H18N2O5/c26-20(24-19-10-4-6-15-5-1-2-9-18(15)19)14-30-23(29)16-7-3-8-17(13-16)25-21(27)11-12-22(25)28/h1-10,13H,11-12,14H2,(H,24,26). The number of nitrogens with zero attached hydrogens (tertiary/aromatic N) is 1. The zero-order chi connectivity index (χ0) is 21.1. The second-order valence-electron chi connectivity index (χ2n) is 6.82. The van der Waals surface area contributed by atoms with Crippen LogP contribution in [-0.4, -0.2) is 30.3 Å². The van der Waals surface area contributed by atoms with Crippen LogP contribution in [0.15, 0.2) is 66.7 Å². The molecule has 1 fully saturated rings. The number of rotatable bonds is 5. The number of hydrogen-bond donors (Lipinski definition) is 1. The molecule has 0 atom stereocenters. The van der Waals surface area contributed by atoms with Crippen LogP contribution in [0.5, 0.6) is 0 Å². The minimum absolute atomic E-state index is 0.151. The molecule has 30 heavy (non-hydrogen) atoms. The molecular weight excluding hydrogens is 384 g/mol. The van der Waals surface area contributed by atoms with E-state index in [2.05, 4.69) is 5.32 Å². The van der Waals surface area contributed by atoms with Gasteiger partial charge in [0.2, 0.25) is 11.8 Å². The summed E-state index contributed by atoms with van der Waals surface area (Å²) < 4.78 is 5.11. The molecule has 150 valence electrons. The molecule has 1 saturated heterocycles. The Morgan fingerprint density at radius 3 is 2.40 bits per heavy atom. The molecule has 0 radical (unpaired) electrons. The summed E-state index contributed by atoms with van der Waals surface area (Å²) in [7, 11) is 0. The van der Waals surface area contributed by atoms with Crippen molar-refractivity contribution in [2.75, 3.05) is 16.8 Å². The predicted molar refractivity (Wildman–Crippen MR) is 111 cm³/mol. The van der Waals surface area contributed by atoms with Gasteiger partial charge in [-0.2, -0.15) is 0 Å². The predicted octanol–water partition coefficient (Wildman–Crippen LogP) is 3.29. The number of anilines is 2. The Bertz CT molecular complexity index is 1150. The number of imide groups is 1.